The summed E-state index contributed by atoms with van der Waals surface area (Å²) in [6.07, 6.45) is 5.67. The number of rotatable bonds is 5. The smallest absolute Gasteiger partial charge is 0.254 e. The molecule has 1 atom stereocenters. The van der Waals surface area contributed by atoms with Gasteiger partial charge in [-0.2, -0.15) is 0 Å². The molecule has 0 bridgehead atoms. The minimum Gasteiger partial charge on any atom is -0.371 e. The normalized spacial score (nSPS) is 20.5. The third-order valence-electron chi connectivity index (χ3n) is 5.74. The number of benzene rings is 1. The van der Waals surface area contributed by atoms with Crippen LogP contribution in [0.2, 0.25) is 0 Å². The van der Waals surface area contributed by atoms with Crippen LogP contribution in [-0.4, -0.2) is 52.6 Å². The largest absolute Gasteiger partial charge is 0.371 e. The lowest BCUT2D eigenvalue weighted by atomic mass is 9.78. The molecule has 142 valence electrons. The van der Waals surface area contributed by atoms with E-state index in [1.807, 2.05) is 55.4 Å². The number of hydrogen-bond acceptors (Lipinski definition) is 5. The maximum Gasteiger partial charge on any atom is 0.254 e. The van der Waals surface area contributed by atoms with Gasteiger partial charge in [0.25, 0.3) is 5.91 Å². The van der Waals surface area contributed by atoms with Crippen LogP contribution in [0.15, 0.2) is 36.7 Å². The van der Waals surface area contributed by atoms with Gasteiger partial charge in [-0.05, 0) is 49.8 Å². The Morgan fingerprint density at radius 3 is 2.74 bits per heavy atom. The number of aryl methyl sites for hydroxylation is 2. The first kappa shape index (κ1) is 17.9. The fourth-order valence-corrected chi connectivity index (χ4v) is 4.11. The highest BCUT2D eigenvalue weighted by molar-refractivity contribution is 5.96. The van der Waals surface area contributed by atoms with Gasteiger partial charge in [0.15, 0.2) is 0 Å². The average Bonchev–Trinajstić information content (AvgIpc) is 3.06. The molecule has 6 heteroatoms. The summed E-state index contributed by atoms with van der Waals surface area (Å²) in [6.45, 7) is 6.92. The van der Waals surface area contributed by atoms with Gasteiger partial charge < -0.3 is 15.0 Å². The number of hydrogen-bond donors (Lipinski definition) is 1. The predicted molar refractivity (Wildman–Crippen MR) is 104 cm³/mol. The SMILES string of the molecule is Cc1cnc(NCCC2CCOC23CN(C(=O)c2ccccc2C)C3)nc1. The van der Waals surface area contributed by atoms with Crippen LogP contribution in [0, 0.1) is 19.8 Å². The molecule has 0 radical (unpaired) electrons. The van der Waals surface area contributed by atoms with Gasteiger partial charge >= 0.3 is 0 Å². The van der Waals surface area contributed by atoms with Gasteiger partial charge in [0.2, 0.25) is 5.95 Å². The van der Waals surface area contributed by atoms with E-state index in [0.29, 0.717) is 25.0 Å². The van der Waals surface area contributed by atoms with Gasteiger partial charge in [-0.1, -0.05) is 18.2 Å². The van der Waals surface area contributed by atoms with Crippen molar-refractivity contribution >= 4 is 11.9 Å². The standard InChI is InChI=1S/C21H26N4O2/c1-15-11-23-20(24-12-15)22-9-7-17-8-10-27-21(17)13-25(14-21)19(26)18-6-4-3-5-16(18)2/h3-6,11-12,17H,7-10,13-14H2,1-2H3,(H,22,23,24). The molecule has 1 amide bonds. The van der Waals surface area contributed by atoms with E-state index >= 15 is 0 Å². The van der Waals surface area contributed by atoms with Gasteiger partial charge in [0, 0.05) is 31.1 Å². The van der Waals surface area contributed by atoms with Crippen molar-refractivity contribution in [2.24, 2.45) is 5.92 Å². The Bertz CT molecular complexity index is 815. The molecule has 2 fully saturated rings. The maximum atomic E-state index is 12.8. The fourth-order valence-electron chi connectivity index (χ4n) is 4.11. The molecular weight excluding hydrogens is 340 g/mol. The van der Waals surface area contributed by atoms with Crippen LogP contribution in [-0.2, 0) is 4.74 Å². The third-order valence-corrected chi connectivity index (χ3v) is 5.74. The molecule has 1 spiro atoms. The molecule has 4 rings (SSSR count). The van der Waals surface area contributed by atoms with E-state index in [0.717, 1.165) is 42.7 Å². The number of amides is 1. The first-order chi connectivity index (χ1) is 13.1. The summed E-state index contributed by atoms with van der Waals surface area (Å²) in [5.74, 6) is 1.23. The lowest BCUT2D eigenvalue weighted by Crippen LogP contribution is -2.66. The highest BCUT2D eigenvalue weighted by Crippen LogP contribution is 2.42. The summed E-state index contributed by atoms with van der Waals surface area (Å²) in [6, 6.07) is 7.77. The van der Waals surface area contributed by atoms with Gasteiger partial charge in [0.1, 0.15) is 5.60 Å². The van der Waals surface area contributed by atoms with Crippen LogP contribution in [0.5, 0.6) is 0 Å². The summed E-state index contributed by atoms with van der Waals surface area (Å²) in [5, 5.41) is 3.29. The first-order valence-electron chi connectivity index (χ1n) is 9.59. The number of nitrogens with zero attached hydrogens (tertiary/aromatic N) is 3. The number of likely N-dealkylation sites (tertiary alicyclic amines) is 1. The Morgan fingerprint density at radius 1 is 1.26 bits per heavy atom. The third kappa shape index (κ3) is 3.54. The second kappa shape index (κ2) is 7.27. The molecule has 0 aliphatic carbocycles. The highest BCUT2D eigenvalue weighted by Gasteiger charge is 2.54. The van der Waals surface area contributed by atoms with Crippen molar-refractivity contribution in [1.29, 1.82) is 0 Å². The minimum atomic E-state index is -0.172. The van der Waals surface area contributed by atoms with E-state index in [4.69, 9.17) is 4.74 Å². The molecule has 2 aliphatic rings. The quantitative estimate of drug-likeness (QED) is 0.881. The van der Waals surface area contributed by atoms with E-state index in [1.54, 1.807) is 0 Å². The molecule has 1 N–H and O–H groups in total. The van der Waals surface area contributed by atoms with Gasteiger partial charge in [-0.25, -0.2) is 9.97 Å². The summed E-state index contributed by atoms with van der Waals surface area (Å²) in [7, 11) is 0. The number of nitrogens with one attached hydrogen (secondary N) is 1. The Hall–Kier alpha value is -2.47. The maximum absolute atomic E-state index is 12.8. The molecule has 27 heavy (non-hydrogen) atoms. The highest BCUT2D eigenvalue weighted by atomic mass is 16.5. The summed E-state index contributed by atoms with van der Waals surface area (Å²) in [5.41, 5.74) is 2.69. The summed E-state index contributed by atoms with van der Waals surface area (Å²) >= 11 is 0. The Balaban J connectivity index is 1.32. The zero-order valence-electron chi connectivity index (χ0n) is 15.9. The van der Waals surface area contributed by atoms with Crippen LogP contribution >= 0.6 is 0 Å². The van der Waals surface area contributed by atoms with Crippen molar-refractivity contribution in [2.45, 2.75) is 32.3 Å². The molecule has 0 saturated carbocycles. The fraction of sp³-hybridized carbons (Fsp3) is 0.476. The lowest BCUT2D eigenvalue weighted by molar-refractivity contribution is -0.117. The van der Waals surface area contributed by atoms with Crippen molar-refractivity contribution in [1.82, 2.24) is 14.9 Å². The lowest BCUT2D eigenvalue weighted by Gasteiger charge is -2.50. The van der Waals surface area contributed by atoms with Crippen molar-refractivity contribution in [3.8, 4) is 0 Å². The molecule has 1 aromatic heterocycles. The van der Waals surface area contributed by atoms with Crippen molar-refractivity contribution in [3.63, 3.8) is 0 Å². The average molecular weight is 366 g/mol. The monoisotopic (exact) mass is 366 g/mol. The summed E-state index contributed by atoms with van der Waals surface area (Å²) in [4.78, 5) is 23.2. The van der Waals surface area contributed by atoms with E-state index in [9.17, 15) is 4.79 Å². The molecule has 2 aromatic rings. The number of ether oxygens (including phenoxy) is 1. The molecule has 1 unspecified atom stereocenters. The zero-order chi connectivity index (χ0) is 18.9. The van der Waals surface area contributed by atoms with Crippen molar-refractivity contribution < 1.29 is 9.53 Å². The Labute approximate surface area is 160 Å². The van der Waals surface area contributed by atoms with Crippen LogP contribution < -0.4 is 5.32 Å². The molecule has 3 heterocycles. The van der Waals surface area contributed by atoms with E-state index in [2.05, 4.69) is 15.3 Å². The van der Waals surface area contributed by atoms with E-state index in [1.165, 1.54) is 0 Å². The van der Waals surface area contributed by atoms with Gasteiger partial charge in [0.05, 0.1) is 13.1 Å². The van der Waals surface area contributed by atoms with Gasteiger partial charge in [-0.3, -0.25) is 4.79 Å². The second-order valence-electron chi connectivity index (χ2n) is 7.67. The number of carbonyl (C=O) groups is 1. The minimum absolute atomic E-state index is 0.110. The molecule has 2 aliphatic heterocycles. The molecule has 1 aromatic carbocycles. The Morgan fingerprint density at radius 2 is 2.00 bits per heavy atom. The van der Waals surface area contributed by atoms with Crippen molar-refractivity contribution in [2.75, 3.05) is 31.6 Å². The number of anilines is 1. The topological polar surface area (TPSA) is 67.4 Å². The van der Waals surface area contributed by atoms with Crippen LogP contribution in [0.4, 0.5) is 5.95 Å². The number of carbonyl (C=O) groups excluding carboxylic acids is 1. The van der Waals surface area contributed by atoms with Crippen LogP contribution in [0.25, 0.3) is 0 Å². The second-order valence-corrected chi connectivity index (χ2v) is 7.67. The Kier molecular flexibility index (Phi) is 4.83. The molecule has 6 nitrogen and oxygen atoms in total. The van der Waals surface area contributed by atoms with Gasteiger partial charge in [-0.15, -0.1) is 0 Å². The van der Waals surface area contributed by atoms with Crippen LogP contribution in [0.1, 0.15) is 34.3 Å². The van der Waals surface area contributed by atoms with Crippen LogP contribution in [0.3, 0.4) is 0 Å². The number of aromatic nitrogens is 2. The van der Waals surface area contributed by atoms with E-state index in [-0.39, 0.29) is 11.5 Å². The predicted octanol–water partition coefficient (Wildman–Crippen LogP) is 2.83. The molecular formula is C21H26N4O2. The zero-order valence-corrected chi connectivity index (χ0v) is 15.9. The van der Waals surface area contributed by atoms with E-state index < -0.39 is 0 Å². The molecule has 2 saturated heterocycles. The summed E-state index contributed by atoms with van der Waals surface area (Å²) < 4.78 is 6.10. The first-order valence-corrected chi connectivity index (χ1v) is 9.59. The van der Waals surface area contributed by atoms with Crippen molar-refractivity contribution in [3.05, 3.63) is 53.3 Å².